The standard InChI is InChI=1S/C37H42F2N8O4/c1-3-35(26(2)48)47-36(49)46(25-42-47)31-7-5-29(6-8-31)43-15-17-44(18-16-43)30-9-11-32(12-10-30)51-37(27-14-19-50-21-27,22-45-24-40-23-41-45)33-13-4-28(38)20-34(33)39/h4-13,20,23-27,35,48H,3,14-19,21-22H2,1-2H3/t26-,27?,35-,37?/m0/s1. The predicted octanol–water partition coefficient (Wildman–Crippen LogP) is 4.57. The Balaban J connectivity index is 1.04. The average Bonchev–Trinajstić information content (AvgIpc) is 3.93. The fraction of sp³-hybridized carbons (Fsp3) is 0.405. The number of rotatable bonds is 12. The van der Waals surface area contributed by atoms with Gasteiger partial charge in [0.15, 0.2) is 5.60 Å². The van der Waals surface area contributed by atoms with Gasteiger partial charge in [0.05, 0.1) is 31.0 Å². The molecular formula is C37H42F2N8O4. The van der Waals surface area contributed by atoms with E-state index in [-0.39, 0.29) is 29.8 Å². The largest absolute Gasteiger partial charge is 0.480 e. The summed E-state index contributed by atoms with van der Waals surface area (Å²) in [6.45, 7) is 7.82. The minimum absolute atomic E-state index is 0.164. The molecule has 4 atom stereocenters. The van der Waals surface area contributed by atoms with Gasteiger partial charge in [-0.25, -0.2) is 32.5 Å². The molecule has 5 aromatic rings. The van der Waals surface area contributed by atoms with Gasteiger partial charge in [-0.15, -0.1) is 0 Å². The van der Waals surface area contributed by atoms with Crippen molar-refractivity contribution in [2.45, 2.75) is 51.0 Å². The SMILES string of the molecule is CC[C@@H]([C@H](C)O)n1ncn(-c2ccc(N3CCN(c4ccc(OC(Cn5cncn5)(c5ccc(F)cc5F)C5CCOC5)cc4)CC3)cc2)c1=O. The molecule has 14 heteroatoms. The molecule has 4 heterocycles. The lowest BCUT2D eigenvalue weighted by Gasteiger charge is -2.40. The summed E-state index contributed by atoms with van der Waals surface area (Å²) in [5.41, 5.74) is 1.54. The van der Waals surface area contributed by atoms with Crippen LogP contribution < -0.4 is 20.2 Å². The molecule has 268 valence electrons. The highest BCUT2D eigenvalue weighted by molar-refractivity contribution is 5.55. The van der Waals surface area contributed by atoms with Gasteiger partial charge in [0.2, 0.25) is 0 Å². The molecule has 7 rings (SSSR count). The number of ether oxygens (including phenoxy) is 2. The second kappa shape index (κ2) is 14.6. The fourth-order valence-electron chi connectivity index (χ4n) is 7.32. The molecule has 1 N–H and O–H groups in total. The van der Waals surface area contributed by atoms with Gasteiger partial charge in [0, 0.05) is 61.7 Å². The van der Waals surface area contributed by atoms with Crippen LogP contribution in [0.2, 0.25) is 0 Å². The third kappa shape index (κ3) is 6.97. The Kier molecular flexibility index (Phi) is 9.87. The lowest BCUT2D eigenvalue weighted by atomic mass is 9.79. The lowest BCUT2D eigenvalue weighted by Crippen LogP contribution is -2.46. The number of aliphatic hydroxyl groups excluding tert-OH is 1. The highest BCUT2D eigenvalue weighted by atomic mass is 19.1. The number of benzene rings is 3. The maximum absolute atomic E-state index is 15.5. The van der Waals surface area contributed by atoms with Crippen LogP contribution in [0.1, 0.15) is 38.3 Å². The van der Waals surface area contributed by atoms with Crippen molar-refractivity contribution in [3.63, 3.8) is 0 Å². The van der Waals surface area contributed by atoms with Crippen LogP contribution >= 0.6 is 0 Å². The van der Waals surface area contributed by atoms with E-state index in [2.05, 4.69) is 25.0 Å². The number of hydrogen-bond donors (Lipinski definition) is 1. The molecule has 2 unspecified atom stereocenters. The second-order valence-corrected chi connectivity index (χ2v) is 13.2. The van der Waals surface area contributed by atoms with E-state index in [0.29, 0.717) is 37.5 Å². The van der Waals surface area contributed by atoms with Gasteiger partial charge in [-0.3, -0.25) is 0 Å². The molecule has 12 nitrogen and oxygen atoms in total. The summed E-state index contributed by atoms with van der Waals surface area (Å²) >= 11 is 0. The number of aromatic nitrogens is 6. The Hall–Kier alpha value is -5.08. The third-order valence-electron chi connectivity index (χ3n) is 10.1. The molecule has 0 amide bonds. The van der Waals surface area contributed by atoms with Crippen molar-refractivity contribution in [3.8, 4) is 11.4 Å². The number of halogens is 2. The molecule has 51 heavy (non-hydrogen) atoms. The van der Waals surface area contributed by atoms with Crippen molar-refractivity contribution in [1.29, 1.82) is 0 Å². The highest BCUT2D eigenvalue weighted by Gasteiger charge is 2.47. The summed E-state index contributed by atoms with van der Waals surface area (Å²) in [4.78, 5) is 21.7. The van der Waals surface area contributed by atoms with Gasteiger partial charge in [0.1, 0.15) is 36.4 Å². The van der Waals surface area contributed by atoms with Gasteiger partial charge in [0.25, 0.3) is 0 Å². The van der Waals surface area contributed by atoms with Gasteiger partial charge < -0.3 is 24.4 Å². The van der Waals surface area contributed by atoms with Crippen LogP contribution in [-0.4, -0.2) is 79.7 Å². The second-order valence-electron chi connectivity index (χ2n) is 13.2. The smallest absolute Gasteiger partial charge is 0.350 e. The average molecular weight is 701 g/mol. The van der Waals surface area contributed by atoms with E-state index in [9.17, 15) is 14.3 Å². The summed E-state index contributed by atoms with van der Waals surface area (Å²) in [7, 11) is 0. The van der Waals surface area contributed by atoms with E-state index in [1.807, 2.05) is 55.5 Å². The predicted molar refractivity (Wildman–Crippen MR) is 187 cm³/mol. The van der Waals surface area contributed by atoms with E-state index in [1.54, 1.807) is 17.9 Å². The zero-order valence-electron chi connectivity index (χ0n) is 28.7. The summed E-state index contributed by atoms with van der Waals surface area (Å²) in [6, 6.07) is 18.9. The van der Waals surface area contributed by atoms with Crippen LogP contribution in [0.15, 0.2) is 90.5 Å². The number of anilines is 2. The molecule has 2 aliphatic heterocycles. The maximum Gasteiger partial charge on any atom is 0.350 e. The number of piperazine rings is 1. The molecule has 2 fully saturated rings. The normalized spacial score (nSPS) is 18.8. The number of hydrogen-bond acceptors (Lipinski definition) is 9. The zero-order chi connectivity index (χ0) is 35.5. The van der Waals surface area contributed by atoms with Gasteiger partial charge in [-0.05, 0) is 80.4 Å². The van der Waals surface area contributed by atoms with Crippen LogP contribution in [0.4, 0.5) is 20.2 Å². The van der Waals surface area contributed by atoms with Gasteiger partial charge in [-0.1, -0.05) is 6.92 Å². The van der Waals surface area contributed by atoms with Crippen molar-refractivity contribution in [2.24, 2.45) is 5.92 Å². The van der Waals surface area contributed by atoms with Gasteiger partial charge >= 0.3 is 5.69 Å². The van der Waals surface area contributed by atoms with Crippen molar-refractivity contribution in [3.05, 3.63) is 113 Å². The van der Waals surface area contributed by atoms with E-state index >= 15 is 4.39 Å². The molecule has 3 aromatic carbocycles. The third-order valence-corrected chi connectivity index (χ3v) is 10.1. The molecule has 2 saturated heterocycles. The summed E-state index contributed by atoms with van der Waals surface area (Å²) in [5, 5.41) is 18.6. The molecule has 0 spiro atoms. The van der Waals surface area contributed by atoms with Crippen molar-refractivity contribution < 1.29 is 23.4 Å². The van der Waals surface area contributed by atoms with Crippen LogP contribution in [0.5, 0.6) is 5.75 Å². The van der Waals surface area contributed by atoms with Crippen LogP contribution in [0.25, 0.3) is 5.69 Å². The van der Waals surface area contributed by atoms with Crippen LogP contribution in [-0.2, 0) is 16.9 Å². The van der Waals surface area contributed by atoms with Crippen LogP contribution in [0.3, 0.4) is 0 Å². The molecule has 0 radical (unpaired) electrons. The molecule has 0 saturated carbocycles. The summed E-state index contributed by atoms with van der Waals surface area (Å²) < 4.78 is 46.5. The lowest BCUT2D eigenvalue weighted by molar-refractivity contribution is -0.0229. The maximum atomic E-state index is 15.5. The monoisotopic (exact) mass is 700 g/mol. The molecule has 0 aliphatic carbocycles. The molecule has 2 aromatic heterocycles. The molecular weight excluding hydrogens is 658 g/mol. The minimum Gasteiger partial charge on any atom is -0.480 e. The number of aliphatic hydroxyl groups is 1. The van der Waals surface area contributed by atoms with E-state index < -0.39 is 23.3 Å². The van der Waals surface area contributed by atoms with Crippen molar-refractivity contribution in [2.75, 3.05) is 49.2 Å². The first-order chi connectivity index (χ1) is 24.8. The van der Waals surface area contributed by atoms with E-state index in [1.165, 1.54) is 34.0 Å². The van der Waals surface area contributed by atoms with Crippen molar-refractivity contribution >= 4 is 11.4 Å². The Morgan fingerprint density at radius 1 is 0.941 bits per heavy atom. The Morgan fingerprint density at radius 3 is 2.18 bits per heavy atom. The first-order valence-electron chi connectivity index (χ1n) is 17.3. The fourth-order valence-corrected chi connectivity index (χ4v) is 7.32. The minimum atomic E-state index is -1.23. The Bertz CT molecular complexity index is 1950. The summed E-state index contributed by atoms with van der Waals surface area (Å²) in [5.74, 6) is -1.01. The quantitative estimate of drug-likeness (QED) is 0.200. The topological polar surface area (TPSA) is 116 Å². The number of nitrogens with zero attached hydrogens (tertiary/aromatic N) is 8. The van der Waals surface area contributed by atoms with Crippen molar-refractivity contribution in [1.82, 2.24) is 29.1 Å². The van der Waals surface area contributed by atoms with E-state index in [4.69, 9.17) is 9.47 Å². The van der Waals surface area contributed by atoms with Crippen LogP contribution in [0, 0.1) is 17.6 Å². The Labute approximate surface area is 294 Å². The molecule has 2 aliphatic rings. The van der Waals surface area contributed by atoms with Gasteiger partial charge in [-0.2, -0.15) is 10.2 Å². The zero-order valence-corrected chi connectivity index (χ0v) is 28.7. The highest BCUT2D eigenvalue weighted by Crippen LogP contribution is 2.42. The summed E-state index contributed by atoms with van der Waals surface area (Å²) in [6.07, 6.45) is 5.03. The van der Waals surface area contributed by atoms with E-state index in [0.717, 1.165) is 43.6 Å². The first kappa shape index (κ1) is 34.4. The Morgan fingerprint density at radius 2 is 1.61 bits per heavy atom. The molecule has 0 bridgehead atoms. The first-order valence-corrected chi connectivity index (χ1v) is 17.3.